The summed E-state index contributed by atoms with van der Waals surface area (Å²) in [6.07, 6.45) is -1.23. The van der Waals surface area contributed by atoms with Gasteiger partial charge in [0, 0.05) is 0 Å². The molecule has 3 heteroatoms. The lowest BCUT2D eigenvalue weighted by Gasteiger charge is -2.11. The second kappa shape index (κ2) is 4.33. The van der Waals surface area contributed by atoms with Gasteiger partial charge in [-0.05, 0) is 16.3 Å². The number of methoxy groups -OCH3 is 1. The molecule has 2 rings (SSSR count). The molecule has 1 N–H and O–H groups in total. The molecule has 0 aliphatic heterocycles. The van der Waals surface area contributed by atoms with E-state index in [2.05, 4.69) is 4.74 Å². The van der Waals surface area contributed by atoms with Gasteiger partial charge >= 0.3 is 5.97 Å². The average Bonchev–Trinajstić information content (AvgIpc) is 2.36. The van der Waals surface area contributed by atoms with Crippen LogP contribution in [0.1, 0.15) is 11.7 Å². The van der Waals surface area contributed by atoms with Gasteiger partial charge in [0.05, 0.1) is 7.11 Å². The molecule has 2 aromatic carbocycles. The molecule has 1 atom stereocenters. The lowest BCUT2D eigenvalue weighted by Crippen LogP contribution is -2.13. The van der Waals surface area contributed by atoms with Crippen LogP contribution in [0.4, 0.5) is 0 Å². The van der Waals surface area contributed by atoms with Gasteiger partial charge in [0.25, 0.3) is 0 Å². The molecule has 16 heavy (non-hydrogen) atoms. The van der Waals surface area contributed by atoms with Gasteiger partial charge in [-0.1, -0.05) is 42.5 Å². The summed E-state index contributed by atoms with van der Waals surface area (Å²) in [7, 11) is 1.26. The predicted molar refractivity (Wildman–Crippen MR) is 60.9 cm³/mol. The zero-order valence-electron chi connectivity index (χ0n) is 8.88. The Hall–Kier alpha value is -1.87. The molecule has 0 aliphatic rings. The van der Waals surface area contributed by atoms with Crippen LogP contribution < -0.4 is 0 Å². The third kappa shape index (κ3) is 1.77. The van der Waals surface area contributed by atoms with E-state index in [-0.39, 0.29) is 0 Å². The van der Waals surface area contributed by atoms with E-state index in [0.29, 0.717) is 5.56 Å². The second-order valence-corrected chi connectivity index (χ2v) is 3.49. The van der Waals surface area contributed by atoms with Gasteiger partial charge < -0.3 is 9.84 Å². The van der Waals surface area contributed by atoms with Crippen molar-refractivity contribution in [1.82, 2.24) is 0 Å². The number of hydrogen-bond donors (Lipinski definition) is 1. The minimum Gasteiger partial charge on any atom is -0.467 e. The highest BCUT2D eigenvalue weighted by Crippen LogP contribution is 2.24. The summed E-state index contributed by atoms with van der Waals surface area (Å²) in [5, 5.41) is 11.7. The number of hydrogen-bond acceptors (Lipinski definition) is 3. The van der Waals surface area contributed by atoms with Gasteiger partial charge in [0.1, 0.15) is 0 Å². The van der Waals surface area contributed by atoms with Crippen molar-refractivity contribution < 1.29 is 14.6 Å². The van der Waals surface area contributed by atoms with E-state index in [4.69, 9.17) is 0 Å². The first-order valence-corrected chi connectivity index (χ1v) is 4.97. The molecule has 0 amide bonds. The van der Waals surface area contributed by atoms with E-state index < -0.39 is 12.1 Å². The number of aliphatic hydroxyl groups is 1. The molecule has 82 valence electrons. The number of benzene rings is 2. The van der Waals surface area contributed by atoms with Crippen LogP contribution in [0.2, 0.25) is 0 Å². The van der Waals surface area contributed by atoms with Gasteiger partial charge in [0.2, 0.25) is 0 Å². The molecule has 2 aromatic rings. The number of rotatable bonds is 2. The van der Waals surface area contributed by atoms with Crippen LogP contribution in [0.15, 0.2) is 42.5 Å². The number of esters is 1. The highest BCUT2D eigenvalue weighted by Gasteiger charge is 2.19. The van der Waals surface area contributed by atoms with E-state index in [1.54, 1.807) is 6.07 Å². The maximum Gasteiger partial charge on any atom is 0.339 e. The Balaban J connectivity index is 2.56. The summed E-state index contributed by atoms with van der Waals surface area (Å²) in [4.78, 5) is 11.3. The summed E-state index contributed by atoms with van der Waals surface area (Å²) in [6, 6.07) is 13.1. The molecule has 0 aromatic heterocycles. The minimum atomic E-state index is -1.23. The fraction of sp³-hybridized carbons (Fsp3) is 0.154. The molecule has 0 saturated heterocycles. The van der Waals surface area contributed by atoms with Crippen LogP contribution in [0.3, 0.4) is 0 Å². The van der Waals surface area contributed by atoms with E-state index in [1.807, 2.05) is 36.4 Å². The monoisotopic (exact) mass is 216 g/mol. The smallest absolute Gasteiger partial charge is 0.339 e. The minimum absolute atomic E-state index is 0.574. The first-order chi connectivity index (χ1) is 7.74. The fourth-order valence-corrected chi connectivity index (χ4v) is 1.73. The normalized spacial score (nSPS) is 12.4. The molecule has 0 bridgehead atoms. The number of fused-ring (bicyclic) bond motifs is 1. The molecule has 0 aliphatic carbocycles. The van der Waals surface area contributed by atoms with Gasteiger partial charge in [-0.15, -0.1) is 0 Å². The van der Waals surface area contributed by atoms with Crippen molar-refractivity contribution >= 4 is 16.7 Å². The SMILES string of the molecule is COC(=O)[C@@H](O)c1cccc2ccccc12. The Morgan fingerprint density at radius 3 is 2.62 bits per heavy atom. The third-order valence-corrected chi connectivity index (χ3v) is 2.54. The summed E-state index contributed by atoms with van der Waals surface area (Å²) < 4.78 is 4.53. The molecule has 0 radical (unpaired) electrons. The van der Waals surface area contributed by atoms with Crippen LogP contribution in [0, 0.1) is 0 Å². The number of carbonyl (C=O) groups is 1. The molecule has 0 unspecified atom stereocenters. The van der Waals surface area contributed by atoms with Gasteiger partial charge in [-0.2, -0.15) is 0 Å². The third-order valence-electron chi connectivity index (χ3n) is 2.54. The lowest BCUT2D eigenvalue weighted by molar-refractivity contribution is -0.150. The average molecular weight is 216 g/mol. The van der Waals surface area contributed by atoms with Crippen molar-refractivity contribution in [2.75, 3.05) is 7.11 Å². The summed E-state index contributed by atoms with van der Waals surface area (Å²) in [5.74, 6) is -0.642. The maximum atomic E-state index is 11.3. The van der Waals surface area contributed by atoms with Crippen molar-refractivity contribution in [2.24, 2.45) is 0 Å². The van der Waals surface area contributed by atoms with Gasteiger partial charge in [-0.3, -0.25) is 0 Å². The zero-order valence-corrected chi connectivity index (χ0v) is 8.88. The Bertz CT molecular complexity index is 514. The van der Waals surface area contributed by atoms with Crippen molar-refractivity contribution in [1.29, 1.82) is 0 Å². The van der Waals surface area contributed by atoms with E-state index in [9.17, 15) is 9.90 Å². The molecule has 0 spiro atoms. The van der Waals surface area contributed by atoms with Crippen molar-refractivity contribution in [3.63, 3.8) is 0 Å². The van der Waals surface area contributed by atoms with Crippen LogP contribution >= 0.6 is 0 Å². The molecule has 0 heterocycles. The van der Waals surface area contributed by atoms with Crippen molar-refractivity contribution in [2.45, 2.75) is 6.10 Å². The van der Waals surface area contributed by atoms with Gasteiger partial charge in [0.15, 0.2) is 6.10 Å². The van der Waals surface area contributed by atoms with E-state index in [0.717, 1.165) is 10.8 Å². The first kappa shape index (κ1) is 10.6. The quantitative estimate of drug-likeness (QED) is 0.781. The second-order valence-electron chi connectivity index (χ2n) is 3.49. The summed E-state index contributed by atoms with van der Waals surface area (Å²) >= 11 is 0. The molecular formula is C13H12O3. The molecule has 0 saturated carbocycles. The van der Waals surface area contributed by atoms with Crippen LogP contribution in [-0.2, 0) is 9.53 Å². The molecule has 0 fully saturated rings. The Morgan fingerprint density at radius 1 is 1.19 bits per heavy atom. The lowest BCUT2D eigenvalue weighted by atomic mass is 10.0. The first-order valence-electron chi connectivity index (χ1n) is 4.97. The van der Waals surface area contributed by atoms with Crippen LogP contribution in [0.5, 0.6) is 0 Å². The largest absolute Gasteiger partial charge is 0.467 e. The number of ether oxygens (including phenoxy) is 1. The highest BCUT2D eigenvalue weighted by molar-refractivity contribution is 5.90. The van der Waals surface area contributed by atoms with Gasteiger partial charge in [-0.25, -0.2) is 4.79 Å². The highest BCUT2D eigenvalue weighted by atomic mass is 16.5. The maximum absolute atomic E-state index is 11.3. The van der Waals surface area contributed by atoms with Crippen molar-refractivity contribution in [3.05, 3.63) is 48.0 Å². The Kier molecular flexibility index (Phi) is 2.88. The van der Waals surface area contributed by atoms with E-state index in [1.165, 1.54) is 7.11 Å². The summed E-state index contributed by atoms with van der Waals surface area (Å²) in [6.45, 7) is 0. The van der Waals surface area contributed by atoms with E-state index >= 15 is 0 Å². The van der Waals surface area contributed by atoms with Crippen LogP contribution in [0.25, 0.3) is 10.8 Å². The van der Waals surface area contributed by atoms with Crippen LogP contribution in [-0.4, -0.2) is 18.2 Å². The summed E-state index contributed by atoms with van der Waals surface area (Å²) in [5.41, 5.74) is 0.574. The predicted octanol–water partition coefficient (Wildman–Crippen LogP) is 2.05. The standard InChI is InChI=1S/C13H12O3/c1-16-13(15)12(14)11-8-4-6-9-5-2-3-7-10(9)11/h2-8,12,14H,1H3/t12-/m0/s1. The Labute approximate surface area is 93.3 Å². The Morgan fingerprint density at radius 2 is 1.88 bits per heavy atom. The fourth-order valence-electron chi connectivity index (χ4n) is 1.73. The zero-order chi connectivity index (χ0) is 11.5. The number of carbonyl (C=O) groups excluding carboxylic acids is 1. The molecular weight excluding hydrogens is 204 g/mol. The topological polar surface area (TPSA) is 46.5 Å². The van der Waals surface area contributed by atoms with Crippen molar-refractivity contribution in [3.8, 4) is 0 Å². The number of aliphatic hydroxyl groups excluding tert-OH is 1. The molecule has 3 nitrogen and oxygen atoms in total.